The van der Waals surface area contributed by atoms with Crippen molar-refractivity contribution in [2.75, 3.05) is 13.2 Å². The van der Waals surface area contributed by atoms with Gasteiger partial charge in [0.1, 0.15) is 0 Å². The first kappa shape index (κ1) is 14.9. The molecular weight excluding hydrogens is 256 g/mol. The minimum Gasteiger partial charge on any atom is -0.378 e. The van der Waals surface area contributed by atoms with Gasteiger partial charge in [-0.15, -0.1) is 11.3 Å². The van der Waals surface area contributed by atoms with E-state index < -0.39 is 0 Å². The van der Waals surface area contributed by atoms with E-state index in [0.717, 1.165) is 19.6 Å². The maximum atomic E-state index is 5.83. The topological polar surface area (TPSA) is 34.1 Å². The molecule has 0 aromatic carbocycles. The Kier molecular flexibility index (Phi) is 6.82. The third-order valence-corrected chi connectivity index (χ3v) is 4.53. The molecule has 2 atom stereocenters. The van der Waals surface area contributed by atoms with Gasteiger partial charge in [0.25, 0.3) is 0 Å². The van der Waals surface area contributed by atoms with Crippen LogP contribution in [0.1, 0.15) is 50.3 Å². The fourth-order valence-electron chi connectivity index (χ4n) is 2.63. The van der Waals surface area contributed by atoms with Gasteiger partial charge in [-0.25, -0.2) is 0 Å². The molecule has 0 aliphatic carbocycles. The summed E-state index contributed by atoms with van der Waals surface area (Å²) >= 11 is 1.76. The average molecular weight is 282 g/mol. The zero-order valence-corrected chi connectivity index (χ0v) is 12.8. The number of hydrogen-bond donors (Lipinski definition) is 1. The summed E-state index contributed by atoms with van der Waals surface area (Å²) in [5.41, 5.74) is 1.93. The Balaban J connectivity index is 1.75. The van der Waals surface area contributed by atoms with Crippen LogP contribution in [0.2, 0.25) is 0 Å². The molecule has 3 nitrogen and oxygen atoms in total. The van der Waals surface area contributed by atoms with Crippen molar-refractivity contribution in [1.82, 2.24) is 10.3 Å². The molecule has 4 heteroatoms. The molecule has 0 radical (unpaired) electrons. The molecular formula is C15H26N2OS. The van der Waals surface area contributed by atoms with Crippen LogP contribution in [0.5, 0.6) is 0 Å². The van der Waals surface area contributed by atoms with Gasteiger partial charge in [-0.3, -0.25) is 4.98 Å². The van der Waals surface area contributed by atoms with Crippen LogP contribution in [0.4, 0.5) is 0 Å². The van der Waals surface area contributed by atoms with Gasteiger partial charge in [0, 0.05) is 23.7 Å². The lowest BCUT2D eigenvalue weighted by atomic mass is 9.99. The van der Waals surface area contributed by atoms with E-state index in [-0.39, 0.29) is 0 Å². The summed E-state index contributed by atoms with van der Waals surface area (Å²) in [4.78, 5) is 5.56. The van der Waals surface area contributed by atoms with Crippen molar-refractivity contribution >= 4 is 11.3 Å². The Morgan fingerprint density at radius 2 is 2.47 bits per heavy atom. The number of aromatic nitrogens is 1. The van der Waals surface area contributed by atoms with Crippen LogP contribution >= 0.6 is 11.3 Å². The van der Waals surface area contributed by atoms with E-state index in [0.29, 0.717) is 12.1 Å². The Morgan fingerprint density at radius 1 is 1.53 bits per heavy atom. The zero-order chi connectivity index (χ0) is 13.3. The number of rotatable bonds is 8. The lowest BCUT2D eigenvalue weighted by Crippen LogP contribution is -2.33. The van der Waals surface area contributed by atoms with Gasteiger partial charge in [-0.2, -0.15) is 0 Å². The van der Waals surface area contributed by atoms with E-state index in [1.807, 2.05) is 11.7 Å². The SMILES string of the molecule is CCCNC(CCC1CCCCO1)Cc1cncs1. The van der Waals surface area contributed by atoms with Crippen molar-refractivity contribution in [2.24, 2.45) is 0 Å². The van der Waals surface area contributed by atoms with Crippen LogP contribution in [-0.4, -0.2) is 30.3 Å². The van der Waals surface area contributed by atoms with Gasteiger partial charge >= 0.3 is 0 Å². The Bertz CT molecular complexity index is 323. The van der Waals surface area contributed by atoms with Gasteiger partial charge < -0.3 is 10.1 Å². The smallest absolute Gasteiger partial charge is 0.0794 e. The van der Waals surface area contributed by atoms with Crippen molar-refractivity contribution < 1.29 is 4.74 Å². The summed E-state index contributed by atoms with van der Waals surface area (Å²) in [6.07, 6.45) is 11.0. The highest BCUT2D eigenvalue weighted by molar-refractivity contribution is 7.09. The predicted molar refractivity (Wildman–Crippen MR) is 80.7 cm³/mol. The predicted octanol–water partition coefficient (Wildman–Crippen LogP) is 3.40. The zero-order valence-electron chi connectivity index (χ0n) is 11.9. The molecule has 1 aromatic rings. The second kappa shape index (κ2) is 8.67. The van der Waals surface area contributed by atoms with Crippen LogP contribution in [0.3, 0.4) is 0 Å². The molecule has 1 N–H and O–H groups in total. The summed E-state index contributed by atoms with van der Waals surface area (Å²) in [5, 5.41) is 3.67. The average Bonchev–Trinajstić information content (AvgIpc) is 2.96. The first-order valence-electron chi connectivity index (χ1n) is 7.61. The van der Waals surface area contributed by atoms with Gasteiger partial charge in [-0.1, -0.05) is 6.92 Å². The first-order valence-corrected chi connectivity index (χ1v) is 8.48. The molecule has 0 amide bonds. The quantitative estimate of drug-likeness (QED) is 0.793. The summed E-state index contributed by atoms with van der Waals surface area (Å²) < 4.78 is 5.83. The highest BCUT2D eigenvalue weighted by Crippen LogP contribution is 2.19. The van der Waals surface area contributed by atoms with Crippen LogP contribution in [0, 0.1) is 0 Å². The third kappa shape index (κ3) is 5.59. The minimum absolute atomic E-state index is 0.501. The van der Waals surface area contributed by atoms with E-state index in [4.69, 9.17) is 4.74 Å². The Labute approximate surface area is 120 Å². The molecule has 0 spiro atoms. The van der Waals surface area contributed by atoms with Crippen LogP contribution < -0.4 is 5.32 Å². The van der Waals surface area contributed by atoms with E-state index in [9.17, 15) is 0 Å². The lowest BCUT2D eigenvalue weighted by molar-refractivity contribution is 0.00860. The molecule has 1 aromatic heterocycles. The molecule has 1 saturated heterocycles. The number of hydrogen-bond acceptors (Lipinski definition) is 4. The van der Waals surface area contributed by atoms with Crippen molar-refractivity contribution in [1.29, 1.82) is 0 Å². The molecule has 108 valence electrons. The molecule has 2 unspecified atom stereocenters. The maximum absolute atomic E-state index is 5.83. The van der Waals surface area contributed by atoms with E-state index in [1.54, 1.807) is 11.3 Å². The van der Waals surface area contributed by atoms with E-state index in [1.165, 1.54) is 43.4 Å². The molecule has 0 bridgehead atoms. The third-order valence-electron chi connectivity index (χ3n) is 3.73. The fraction of sp³-hybridized carbons (Fsp3) is 0.800. The molecule has 1 aliphatic heterocycles. The molecule has 1 fully saturated rings. The number of nitrogens with one attached hydrogen (secondary N) is 1. The summed E-state index contributed by atoms with van der Waals surface area (Å²) in [6.45, 7) is 4.29. The first-order chi connectivity index (χ1) is 9.38. The minimum atomic E-state index is 0.501. The number of ether oxygens (including phenoxy) is 1. The highest BCUT2D eigenvalue weighted by Gasteiger charge is 2.17. The molecule has 19 heavy (non-hydrogen) atoms. The second-order valence-electron chi connectivity index (χ2n) is 5.39. The summed E-state index contributed by atoms with van der Waals surface area (Å²) in [6, 6.07) is 0.575. The monoisotopic (exact) mass is 282 g/mol. The Hall–Kier alpha value is -0.450. The van der Waals surface area contributed by atoms with Crippen molar-refractivity contribution in [3.8, 4) is 0 Å². The summed E-state index contributed by atoms with van der Waals surface area (Å²) in [7, 11) is 0. The molecule has 0 saturated carbocycles. The maximum Gasteiger partial charge on any atom is 0.0794 e. The number of nitrogens with zero attached hydrogens (tertiary/aromatic N) is 1. The van der Waals surface area contributed by atoms with Crippen molar-refractivity contribution in [2.45, 2.75) is 64.0 Å². The molecule has 1 aliphatic rings. The molecule has 2 heterocycles. The second-order valence-corrected chi connectivity index (χ2v) is 6.36. The summed E-state index contributed by atoms with van der Waals surface area (Å²) in [5.74, 6) is 0. The van der Waals surface area contributed by atoms with Gasteiger partial charge in [-0.05, 0) is 51.5 Å². The van der Waals surface area contributed by atoms with Crippen molar-refractivity contribution in [3.63, 3.8) is 0 Å². The Morgan fingerprint density at radius 3 is 3.16 bits per heavy atom. The fourth-order valence-corrected chi connectivity index (χ4v) is 3.31. The standard InChI is InChI=1S/C15H26N2OS/c1-2-8-17-13(10-15-11-16-12-19-15)6-7-14-5-3-4-9-18-14/h11-14,17H,2-10H2,1H3. The molecule has 2 rings (SSSR count). The van der Waals surface area contributed by atoms with Crippen molar-refractivity contribution in [3.05, 3.63) is 16.6 Å². The van der Waals surface area contributed by atoms with E-state index >= 15 is 0 Å². The number of thiazole rings is 1. The lowest BCUT2D eigenvalue weighted by Gasteiger charge is -2.25. The van der Waals surface area contributed by atoms with Crippen LogP contribution in [0.25, 0.3) is 0 Å². The normalized spacial score (nSPS) is 21.4. The van der Waals surface area contributed by atoms with Gasteiger partial charge in [0.15, 0.2) is 0 Å². The van der Waals surface area contributed by atoms with Crippen LogP contribution in [-0.2, 0) is 11.2 Å². The van der Waals surface area contributed by atoms with E-state index in [2.05, 4.69) is 17.2 Å². The van der Waals surface area contributed by atoms with Gasteiger partial charge in [0.05, 0.1) is 11.6 Å². The largest absolute Gasteiger partial charge is 0.378 e. The highest BCUT2D eigenvalue weighted by atomic mass is 32.1. The van der Waals surface area contributed by atoms with Gasteiger partial charge in [0.2, 0.25) is 0 Å². The van der Waals surface area contributed by atoms with Crippen LogP contribution in [0.15, 0.2) is 11.7 Å².